The molecule has 0 saturated carbocycles. The number of rotatable bonds is 7. The molecule has 19 heavy (non-hydrogen) atoms. The maximum Gasteiger partial charge on any atom is 0.251 e. The molecule has 1 amide bonds. The average Bonchev–Trinajstić information content (AvgIpc) is 2.43. The Bertz CT molecular complexity index is 398. The fourth-order valence-electron chi connectivity index (χ4n) is 1.42. The molecule has 0 radical (unpaired) electrons. The van der Waals surface area contributed by atoms with Crippen LogP contribution in [0.1, 0.15) is 44.0 Å². The molecule has 1 aromatic rings. The Labute approximate surface area is 114 Å². The van der Waals surface area contributed by atoms with Crippen molar-refractivity contribution in [3.05, 3.63) is 29.8 Å². The van der Waals surface area contributed by atoms with Gasteiger partial charge in [-0.2, -0.15) is 0 Å². The summed E-state index contributed by atoms with van der Waals surface area (Å²) in [7, 11) is 0. The highest BCUT2D eigenvalue weighted by molar-refractivity contribution is 5.94. The fraction of sp³-hybridized carbons (Fsp3) is 0.533. The highest BCUT2D eigenvalue weighted by Crippen LogP contribution is 2.13. The van der Waals surface area contributed by atoms with Gasteiger partial charge in [-0.05, 0) is 44.0 Å². The zero-order valence-corrected chi connectivity index (χ0v) is 11.9. The van der Waals surface area contributed by atoms with Crippen LogP contribution in [0.15, 0.2) is 24.3 Å². The zero-order valence-electron chi connectivity index (χ0n) is 11.9. The number of carbonyl (C=O) groups excluding carboxylic acids is 1. The predicted octanol–water partition coefficient (Wildman–Crippen LogP) is 2.37. The Morgan fingerprint density at radius 2 is 1.95 bits per heavy atom. The van der Waals surface area contributed by atoms with Crippen molar-refractivity contribution in [2.24, 2.45) is 0 Å². The molecule has 1 rings (SSSR count). The van der Waals surface area contributed by atoms with E-state index < -0.39 is 5.60 Å². The zero-order chi connectivity index (χ0) is 14.3. The standard InChI is InChI=1S/C15H23NO3/c1-4-10-19-13-8-6-12(7-9-13)14(17)16-11-15(3,18)5-2/h6-9,18H,4-5,10-11H2,1-3H3,(H,16,17). The topological polar surface area (TPSA) is 58.6 Å². The maximum absolute atomic E-state index is 11.9. The summed E-state index contributed by atoms with van der Waals surface area (Å²) in [6.45, 7) is 6.55. The molecule has 0 aliphatic rings. The molecule has 2 N–H and O–H groups in total. The summed E-state index contributed by atoms with van der Waals surface area (Å²) in [5, 5.41) is 12.5. The second-order valence-electron chi connectivity index (χ2n) is 4.91. The van der Waals surface area contributed by atoms with Gasteiger partial charge in [0, 0.05) is 12.1 Å². The molecule has 1 unspecified atom stereocenters. The number of hydrogen-bond acceptors (Lipinski definition) is 3. The number of nitrogens with one attached hydrogen (secondary N) is 1. The highest BCUT2D eigenvalue weighted by atomic mass is 16.5. The number of aliphatic hydroxyl groups is 1. The molecule has 0 fully saturated rings. The van der Waals surface area contributed by atoms with E-state index in [1.54, 1.807) is 31.2 Å². The van der Waals surface area contributed by atoms with Gasteiger partial charge in [-0.3, -0.25) is 4.79 Å². The van der Waals surface area contributed by atoms with E-state index in [-0.39, 0.29) is 12.5 Å². The number of ether oxygens (including phenoxy) is 1. The molecular formula is C15H23NO3. The summed E-state index contributed by atoms with van der Waals surface area (Å²) in [5.74, 6) is 0.578. The third-order valence-corrected chi connectivity index (χ3v) is 2.98. The van der Waals surface area contributed by atoms with Crippen molar-refractivity contribution in [1.29, 1.82) is 0 Å². The van der Waals surface area contributed by atoms with Crippen molar-refractivity contribution in [2.75, 3.05) is 13.2 Å². The minimum Gasteiger partial charge on any atom is -0.494 e. The van der Waals surface area contributed by atoms with Gasteiger partial charge in [0.2, 0.25) is 0 Å². The molecule has 0 aromatic heterocycles. The first-order valence-electron chi connectivity index (χ1n) is 6.72. The van der Waals surface area contributed by atoms with Crippen LogP contribution < -0.4 is 10.1 Å². The summed E-state index contributed by atoms with van der Waals surface area (Å²) in [6, 6.07) is 7.01. The molecule has 0 spiro atoms. The Kier molecular flexibility index (Phi) is 5.83. The summed E-state index contributed by atoms with van der Waals surface area (Å²) in [4.78, 5) is 11.9. The molecule has 1 atom stereocenters. The molecule has 0 aliphatic heterocycles. The Morgan fingerprint density at radius 1 is 1.32 bits per heavy atom. The molecule has 0 aliphatic carbocycles. The second kappa shape index (κ2) is 7.14. The van der Waals surface area contributed by atoms with Crippen molar-refractivity contribution < 1.29 is 14.6 Å². The lowest BCUT2D eigenvalue weighted by Gasteiger charge is -2.21. The Hall–Kier alpha value is -1.55. The van der Waals surface area contributed by atoms with Gasteiger partial charge in [-0.25, -0.2) is 0 Å². The van der Waals surface area contributed by atoms with Gasteiger partial charge in [-0.1, -0.05) is 13.8 Å². The minimum atomic E-state index is -0.861. The van der Waals surface area contributed by atoms with E-state index in [9.17, 15) is 9.90 Å². The summed E-state index contributed by atoms with van der Waals surface area (Å²) in [6.07, 6.45) is 1.55. The quantitative estimate of drug-likeness (QED) is 0.795. The smallest absolute Gasteiger partial charge is 0.251 e. The summed E-state index contributed by atoms with van der Waals surface area (Å²) < 4.78 is 5.45. The molecule has 0 bridgehead atoms. The monoisotopic (exact) mass is 265 g/mol. The average molecular weight is 265 g/mol. The van der Waals surface area contributed by atoms with Crippen molar-refractivity contribution in [1.82, 2.24) is 5.32 Å². The van der Waals surface area contributed by atoms with Crippen LogP contribution in [0, 0.1) is 0 Å². The van der Waals surface area contributed by atoms with Gasteiger partial charge in [0.15, 0.2) is 0 Å². The number of hydrogen-bond donors (Lipinski definition) is 2. The normalized spacial score (nSPS) is 13.7. The lowest BCUT2D eigenvalue weighted by Crippen LogP contribution is -2.40. The largest absolute Gasteiger partial charge is 0.494 e. The summed E-state index contributed by atoms with van der Waals surface area (Å²) in [5.41, 5.74) is -0.296. The second-order valence-corrected chi connectivity index (χ2v) is 4.91. The van der Waals surface area contributed by atoms with Crippen molar-refractivity contribution in [3.63, 3.8) is 0 Å². The van der Waals surface area contributed by atoms with Gasteiger partial charge >= 0.3 is 0 Å². The van der Waals surface area contributed by atoms with E-state index in [0.717, 1.165) is 12.2 Å². The SMILES string of the molecule is CCCOc1ccc(C(=O)NCC(C)(O)CC)cc1. The number of amides is 1. The van der Waals surface area contributed by atoms with Crippen LogP contribution in [-0.2, 0) is 0 Å². The molecule has 4 nitrogen and oxygen atoms in total. The van der Waals surface area contributed by atoms with Gasteiger partial charge in [0.05, 0.1) is 12.2 Å². The Morgan fingerprint density at radius 3 is 2.47 bits per heavy atom. The van der Waals surface area contributed by atoms with E-state index in [2.05, 4.69) is 5.32 Å². The van der Waals surface area contributed by atoms with Crippen LogP contribution in [-0.4, -0.2) is 29.8 Å². The van der Waals surface area contributed by atoms with E-state index >= 15 is 0 Å². The molecular weight excluding hydrogens is 242 g/mol. The fourth-order valence-corrected chi connectivity index (χ4v) is 1.42. The first-order chi connectivity index (χ1) is 8.98. The number of benzene rings is 1. The first kappa shape index (κ1) is 15.5. The Balaban J connectivity index is 2.53. The molecule has 0 heterocycles. The van der Waals surface area contributed by atoms with E-state index in [4.69, 9.17) is 4.74 Å². The third kappa shape index (κ3) is 5.30. The first-order valence-corrected chi connectivity index (χ1v) is 6.72. The molecule has 4 heteroatoms. The van der Waals surface area contributed by atoms with Crippen molar-refractivity contribution in [3.8, 4) is 5.75 Å². The molecule has 0 saturated heterocycles. The predicted molar refractivity (Wildman–Crippen MR) is 75.5 cm³/mol. The highest BCUT2D eigenvalue weighted by Gasteiger charge is 2.18. The molecule has 106 valence electrons. The van der Waals surface area contributed by atoms with Crippen LogP contribution in [0.4, 0.5) is 0 Å². The minimum absolute atomic E-state index is 0.184. The van der Waals surface area contributed by atoms with Gasteiger partial charge in [0.25, 0.3) is 5.91 Å². The van der Waals surface area contributed by atoms with Gasteiger partial charge in [0.1, 0.15) is 5.75 Å². The van der Waals surface area contributed by atoms with Crippen LogP contribution >= 0.6 is 0 Å². The van der Waals surface area contributed by atoms with E-state index in [0.29, 0.717) is 18.6 Å². The van der Waals surface area contributed by atoms with Crippen molar-refractivity contribution in [2.45, 2.75) is 39.2 Å². The van der Waals surface area contributed by atoms with Crippen LogP contribution in [0.5, 0.6) is 5.75 Å². The summed E-state index contributed by atoms with van der Waals surface area (Å²) >= 11 is 0. The van der Waals surface area contributed by atoms with Gasteiger partial charge < -0.3 is 15.2 Å². The number of carbonyl (C=O) groups is 1. The third-order valence-electron chi connectivity index (χ3n) is 2.98. The van der Waals surface area contributed by atoms with Crippen LogP contribution in [0.2, 0.25) is 0 Å². The van der Waals surface area contributed by atoms with Gasteiger partial charge in [-0.15, -0.1) is 0 Å². The van der Waals surface area contributed by atoms with Crippen LogP contribution in [0.3, 0.4) is 0 Å². The maximum atomic E-state index is 11.9. The lowest BCUT2D eigenvalue weighted by atomic mass is 10.0. The van der Waals surface area contributed by atoms with Crippen LogP contribution in [0.25, 0.3) is 0 Å². The lowest BCUT2D eigenvalue weighted by molar-refractivity contribution is 0.0518. The van der Waals surface area contributed by atoms with E-state index in [1.807, 2.05) is 13.8 Å². The van der Waals surface area contributed by atoms with E-state index in [1.165, 1.54) is 0 Å². The van der Waals surface area contributed by atoms with Crippen molar-refractivity contribution >= 4 is 5.91 Å². The molecule has 1 aromatic carbocycles.